The highest BCUT2D eigenvalue weighted by molar-refractivity contribution is 6.34. The summed E-state index contributed by atoms with van der Waals surface area (Å²) >= 11 is 5.81. The number of nitrogens with one attached hydrogen (secondary N) is 2. The van der Waals surface area contributed by atoms with Gasteiger partial charge in [-0.25, -0.2) is 0 Å². The average Bonchev–Trinajstić information content (AvgIpc) is 2.42. The van der Waals surface area contributed by atoms with Crippen molar-refractivity contribution in [3.63, 3.8) is 0 Å². The molecule has 0 aliphatic carbocycles. The van der Waals surface area contributed by atoms with E-state index in [1.165, 1.54) is 12.1 Å². The van der Waals surface area contributed by atoms with E-state index in [0.717, 1.165) is 19.2 Å². The van der Waals surface area contributed by atoms with Gasteiger partial charge in [0.15, 0.2) is 0 Å². The fraction of sp³-hybridized carbons (Fsp3) is 0.500. The Morgan fingerprint density at radius 1 is 1.48 bits per heavy atom. The van der Waals surface area contributed by atoms with Gasteiger partial charge in [0.2, 0.25) is 5.91 Å². The molecule has 0 saturated carbocycles. The molecule has 2 rings (SSSR count). The smallest absolute Gasteiger partial charge is 0.323 e. The number of hydrogen-bond donors (Lipinski definition) is 2. The van der Waals surface area contributed by atoms with E-state index in [2.05, 4.69) is 10.6 Å². The van der Waals surface area contributed by atoms with Gasteiger partial charge in [-0.2, -0.15) is 13.2 Å². The van der Waals surface area contributed by atoms with E-state index in [4.69, 9.17) is 11.6 Å². The molecule has 1 atom stereocenters. The minimum Gasteiger partial charge on any atom is -0.323 e. The van der Waals surface area contributed by atoms with Crippen molar-refractivity contribution in [1.29, 1.82) is 0 Å². The highest BCUT2D eigenvalue weighted by Crippen LogP contribution is 2.38. The molecule has 1 fully saturated rings. The SMILES string of the molecule is C[C@@H]1CNCCN1CC(=O)Nc1c(Cl)cccc1C(F)(F)F.Cl. The minimum atomic E-state index is -4.57. The lowest BCUT2D eigenvalue weighted by molar-refractivity contribution is -0.137. The molecule has 1 aromatic carbocycles. The minimum absolute atomic E-state index is 0. The summed E-state index contributed by atoms with van der Waals surface area (Å²) in [6.45, 7) is 4.15. The summed E-state index contributed by atoms with van der Waals surface area (Å²) in [7, 11) is 0. The number of alkyl halides is 3. The van der Waals surface area contributed by atoms with Gasteiger partial charge in [0.1, 0.15) is 0 Å². The Bertz CT molecular complexity index is 555. The average molecular weight is 372 g/mol. The molecule has 4 nitrogen and oxygen atoms in total. The lowest BCUT2D eigenvalue weighted by Gasteiger charge is -2.33. The largest absolute Gasteiger partial charge is 0.418 e. The first kappa shape index (κ1) is 20.0. The van der Waals surface area contributed by atoms with Crippen molar-refractivity contribution < 1.29 is 18.0 Å². The van der Waals surface area contributed by atoms with E-state index >= 15 is 0 Å². The van der Waals surface area contributed by atoms with Crippen LogP contribution in [-0.2, 0) is 11.0 Å². The fourth-order valence-corrected chi connectivity index (χ4v) is 2.59. The Morgan fingerprint density at radius 3 is 2.78 bits per heavy atom. The van der Waals surface area contributed by atoms with Crippen LogP contribution in [0.1, 0.15) is 12.5 Å². The molecule has 1 aliphatic rings. The Hall–Kier alpha value is -1.02. The Labute approximate surface area is 143 Å². The van der Waals surface area contributed by atoms with Crippen LogP contribution in [0.3, 0.4) is 0 Å². The highest BCUT2D eigenvalue weighted by Gasteiger charge is 2.35. The summed E-state index contributed by atoms with van der Waals surface area (Å²) in [6, 6.07) is 3.57. The van der Waals surface area contributed by atoms with E-state index in [0.29, 0.717) is 6.54 Å². The third-order valence-electron chi connectivity index (χ3n) is 3.57. The Balaban J connectivity index is 0.00000264. The highest BCUT2D eigenvalue weighted by atomic mass is 35.5. The van der Waals surface area contributed by atoms with Crippen LogP contribution >= 0.6 is 24.0 Å². The van der Waals surface area contributed by atoms with Crippen LogP contribution in [0.5, 0.6) is 0 Å². The van der Waals surface area contributed by atoms with E-state index in [1.54, 1.807) is 0 Å². The third-order valence-corrected chi connectivity index (χ3v) is 3.88. The van der Waals surface area contributed by atoms with E-state index in [9.17, 15) is 18.0 Å². The second-order valence-electron chi connectivity index (χ2n) is 5.23. The second kappa shape index (κ2) is 8.19. The molecule has 1 heterocycles. The van der Waals surface area contributed by atoms with Gasteiger partial charge in [-0.1, -0.05) is 17.7 Å². The Kier molecular flexibility index (Phi) is 7.13. The van der Waals surface area contributed by atoms with Crippen molar-refractivity contribution >= 4 is 35.6 Å². The van der Waals surface area contributed by atoms with Crippen molar-refractivity contribution in [1.82, 2.24) is 10.2 Å². The van der Waals surface area contributed by atoms with Gasteiger partial charge in [0, 0.05) is 25.7 Å². The van der Waals surface area contributed by atoms with Gasteiger partial charge in [-0.15, -0.1) is 12.4 Å². The predicted molar refractivity (Wildman–Crippen MR) is 86.2 cm³/mol. The first-order valence-corrected chi connectivity index (χ1v) is 7.27. The zero-order chi connectivity index (χ0) is 16.3. The van der Waals surface area contributed by atoms with Gasteiger partial charge in [-0.3, -0.25) is 9.69 Å². The van der Waals surface area contributed by atoms with Gasteiger partial charge < -0.3 is 10.6 Å². The Morgan fingerprint density at radius 2 is 2.17 bits per heavy atom. The molecule has 0 bridgehead atoms. The van der Waals surface area contributed by atoms with Crippen LogP contribution in [0.2, 0.25) is 5.02 Å². The zero-order valence-electron chi connectivity index (χ0n) is 12.4. The predicted octanol–water partition coefficient (Wildman–Crippen LogP) is 3.01. The lowest BCUT2D eigenvalue weighted by atomic mass is 10.1. The van der Waals surface area contributed by atoms with Gasteiger partial charge >= 0.3 is 6.18 Å². The number of para-hydroxylation sites is 1. The normalized spacial score (nSPS) is 19.1. The van der Waals surface area contributed by atoms with Crippen LogP contribution in [0.4, 0.5) is 18.9 Å². The zero-order valence-corrected chi connectivity index (χ0v) is 14.0. The number of benzene rings is 1. The monoisotopic (exact) mass is 371 g/mol. The molecular weight excluding hydrogens is 354 g/mol. The number of piperazine rings is 1. The van der Waals surface area contributed by atoms with Gasteiger partial charge in [0.05, 0.1) is 22.8 Å². The maximum atomic E-state index is 13.0. The molecule has 1 saturated heterocycles. The number of carbonyl (C=O) groups is 1. The maximum absolute atomic E-state index is 13.0. The van der Waals surface area contributed by atoms with Crippen molar-refractivity contribution in [2.45, 2.75) is 19.1 Å². The summed E-state index contributed by atoms with van der Waals surface area (Å²) in [5.41, 5.74) is -1.33. The van der Waals surface area contributed by atoms with Crippen molar-refractivity contribution in [3.8, 4) is 0 Å². The quantitative estimate of drug-likeness (QED) is 0.858. The first-order chi connectivity index (χ1) is 10.3. The van der Waals surface area contributed by atoms with Gasteiger partial charge in [0.25, 0.3) is 0 Å². The van der Waals surface area contributed by atoms with E-state index in [-0.39, 0.29) is 35.7 Å². The molecule has 0 spiro atoms. The molecule has 1 amide bonds. The van der Waals surface area contributed by atoms with Crippen LogP contribution in [0, 0.1) is 0 Å². The summed E-state index contributed by atoms with van der Waals surface area (Å²) < 4.78 is 38.9. The number of amides is 1. The molecule has 2 N–H and O–H groups in total. The van der Waals surface area contributed by atoms with Crippen LogP contribution in [0.15, 0.2) is 18.2 Å². The number of rotatable bonds is 3. The molecule has 9 heteroatoms. The van der Waals surface area contributed by atoms with Gasteiger partial charge in [-0.05, 0) is 19.1 Å². The summed E-state index contributed by atoms with van der Waals surface area (Å²) in [5.74, 6) is -0.507. The third kappa shape index (κ3) is 5.24. The molecule has 0 unspecified atom stereocenters. The molecule has 1 aliphatic heterocycles. The molecular formula is C14H18Cl2F3N3O. The van der Waals surface area contributed by atoms with Crippen molar-refractivity contribution in [2.24, 2.45) is 0 Å². The van der Waals surface area contributed by atoms with E-state index < -0.39 is 17.6 Å². The van der Waals surface area contributed by atoms with Crippen molar-refractivity contribution in [3.05, 3.63) is 28.8 Å². The number of anilines is 1. The number of nitrogens with zero attached hydrogens (tertiary/aromatic N) is 1. The first-order valence-electron chi connectivity index (χ1n) is 6.89. The summed E-state index contributed by atoms with van der Waals surface area (Å²) in [4.78, 5) is 14.0. The summed E-state index contributed by atoms with van der Waals surface area (Å²) in [6.07, 6.45) is -4.57. The standard InChI is InChI=1S/C14H17ClF3N3O.ClH/c1-9-7-19-5-6-21(9)8-12(22)20-13-10(14(16,17)18)3-2-4-11(13)15;/h2-4,9,19H,5-8H2,1H3,(H,20,22);1H/t9-;/m1./s1. The van der Waals surface area contributed by atoms with Crippen LogP contribution in [-0.4, -0.2) is 43.0 Å². The number of hydrogen-bond acceptors (Lipinski definition) is 3. The second-order valence-corrected chi connectivity index (χ2v) is 5.64. The van der Waals surface area contributed by atoms with E-state index in [1.807, 2.05) is 11.8 Å². The lowest BCUT2D eigenvalue weighted by Crippen LogP contribution is -2.52. The van der Waals surface area contributed by atoms with Crippen molar-refractivity contribution in [2.75, 3.05) is 31.5 Å². The molecule has 0 aromatic heterocycles. The summed E-state index contributed by atoms with van der Waals surface area (Å²) in [5, 5.41) is 5.35. The number of carbonyl (C=O) groups excluding carboxylic acids is 1. The fourth-order valence-electron chi connectivity index (χ4n) is 2.37. The van der Waals surface area contributed by atoms with Crippen LogP contribution < -0.4 is 10.6 Å². The molecule has 130 valence electrons. The molecule has 23 heavy (non-hydrogen) atoms. The topological polar surface area (TPSA) is 44.4 Å². The molecule has 0 radical (unpaired) electrons. The maximum Gasteiger partial charge on any atom is 0.418 e. The van der Waals surface area contributed by atoms with Crippen LogP contribution in [0.25, 0.3) is 0 Å². The number of halogens is 5. The molecule has 1 aromatic rings.